The molecule has 30 heavy (non-hydrogen) atoms. The molecule has 0 fully saturated rings. The average molecular weight is 431 g/mol. The molecule has 0 aliphatic carbocycles. The van der Waals surface area contributed by atoms with Crippen molar-refractivity contribution in [2.75, 3.05) is 24.1 Å². The molecular formula is C22H26N2O5S. The molecule has 8 heteroatoms. The van der Waals surface area contributed by atoms with E-state index in [1.54, 1.807) is 30.3 Å². The largest absolute Gasteiger partial charge is 0.488 e. The van der Waals surface area contributed by atoms with Gasteiger partial charge in [-0.25, -0.2) is 8.42 Å². The molecule has 2 N–H and O–H groups in total. The highest BCUT2D eigenvalue weighted by atomic mass is 32.2. The standard InChI is InChI=1S/C22H26N2O5S/c1-22(2)15-17-5-4-6-19(21(17)29-22)28-14-13-23-20(25)12-9-16-7-10-18(11-8-16)24-30(3,26)27/h4-12,24H,13-15H2,1-3H3,(H,23,25)/b12-9+. The number of sulfonamides is 1. The molecule has 1 aliphatic rings. The van der Waals surface area contributed by atoms with Gasteiger partial charge >= 0.3 is 0 Å². The smallest absolute Gasteiger partial charge is 0.244 e. The Kier molecular flexibility index (Phi) is 6.36. The number of carbonyl (C=O) groups excluding carboxylic acids is 1. The highest BCUT2D eigenvalue weighted by molar-refractivity contribution is 7.92. The topological polar surface area (TPSA) is 93.7 Å². The van der Waals surface area contributed by atoms with Gasteiger partial charge in [-0.2, -0.15) is 0 Å². The van der Waals surface area contributed by atoms with Crippen molar-refractivity contribution in [1.29, 1.82) is 0 Å². The number of rotatable bonds is 8. The number of nitrogens with one attached hydrogen (secondary N) is 2. The molecule has 1 amide bonds. The lowest BCUT2D eigenvalue weighted by Crippen LogP contribution is -2.26. The number of anilines is 1. The van der Waals surface area contributed by atoms with Crippen LogP contribution in [0.25, 0.3) is 6.08 Å². The van der Waals surface area contributed by atoms with Gasteiger partial charge in [-0.15, -0.1) is 0 Å². The molecule has 0 spiro atoms. The first-order valence-corrected chi connectivity index (χ1v) is 11.5. The Balaban J connectivity index is 1.44. The Morgan fingerprint density at radius 3 is 2.63 bits per heavy atom. The molecule has 0 saturated heterocycles. The second kappa shape index (κ2) is 8.79. The molecule has 7 nitrogen and oxygen atoms in total. The molecular weight excluding hydrogens is 404 g/mol. The average Bonchev–Trinajstić information content (AvgIpc) is 2.98. The summed E-state index contributed by atoms with van der Waals surface area (Å²) >= 11 is 0. The second-order valence-corrected chi connectivity index (χ2v) is 9.50. The van der Waals surface area contributed by atoms with Crippen molar-refractivity contribution in [3.05, 3.63) is 59.7 Å². The summed E-state index contributed by atoms with van der Waals surface area (Å²) in [6.07, 6.45) is 5.01. The fraction of sp³-hybridized carbons (Fsp3) is 0.318. The van der Waals surface area contributed by atoms with Gasteiger partial charge in [0.05, 0.1) is 12.8 Å². The van der Waals surface area contributed by atoms with E-state index in [1.807, 2.05) is 32.0 Å². The Morgan fingerprint density at radius 2 is 1.93 bits per heavy atom. The molecule has 2 aromatic carbocycles. The normalized spacial score (nSPS) is 14.8. The quantitative estimate of drug-likeness (QED) is 0.496. The third-order valence-electron chi connectivity index (χ3n) is 4.35. The number of para-hydroxylation sites is 1. The summed E-state index contributed by atoms with van der Waals surface area (Å²) in [5.41, 5.74) is 2.14. The first kappa shape index (κ1) is 21.7. The number of hydrogen-bond donors (Lipinski definition) is 2. The number of amides is 1. The number of benzene rings is 2. The highest BCUT2D eigenvalue weighted by Crippen LogP contribution is 2.41. The second-order valence-electron chi connectivity index (χ2n) is 7.75. The van der Waals surface area contributed by atoms with E-state index in [0.717, 1.165) is 29.6 Å². The van der Waals surface area contributed by atoms with Crippen molar-refractivity contribution in [1.82, 2.24) is 5.32 Å². The fourth-order valence-corrected chi connectivity index (χ4v) is 3.71. The molecule has 0 radical (unpaired) electrons. The lowest BCUT2D eigenvalue weighted by Gasteiger charge is -2.18. The highest BCUT2D eigenvalue weighted by Gasteiger charge is 2.32. The molecule has 160 valence electrons. The van der Waals surface area contributed by atoms with Crippen LogP contribution in [0, 0.1) is 0 Å². The van der Waals surface area contributed by atoms with Gasteiger partial charge < -0.3 is 14.8 Å². The zero-order valence-electron chi connectivity index (χ0n) is 17.3. The van der Waals surface area contributed by atoms with Crippen LogP contribution in [0.2, 0.25) is 0 Å². The van der Waals surface area contributed by atoms with Crippen LogP contribution in [-0.4, -0.2) is 39.3 Å². The lowest BCUT2D eigenvalue weighted by atomic mass is 10.0. The van der Waals surface area contributed by atoms with Crippen molar-refractivity contribution in [2.24, 2.45) is 0 Å². The predicted molar refractivity (Wildman–Crippen MR) is 117 cm³/mol. The SMILES string of the molecule is CC1(C)Cc2cccc(OCCNC(=O)/C=C/c3ccc(NS(C)(=O)=O)cc3)c2O1. The minimum absolute atomic E-state index is 0.236. The maximum absolute atomic E-state index is 12.0. The molecule has 0 unspecified atom stereocenters. The molecule has 1 aliphatic heterocycles. The Morgan fingerprint density at radius 1 is 1.20 bits per heavy atom. The van der Waals surface area contributed by atoms with Gasteiger partial charge in [-0.05, 0) is 43.7 Å². The minimum atomic E-state index is -3.31. The van der Waals surface area contributed by atoms with Gasteiger partial charge in [0.25, 0.3) is 0 Å². The van der Waals surface area contributed by atoms with Crippen LogP contribution < -0.4 is 19.5 Å². The summed E-state index contributed by atoms with van der Waals surface area (Å²) in [5.74, 6) is 1.22. The molecule has 0 atom stereocenters. The summed E-state index contributed by atoms with van der Waals surface area (Å²) in [4.78, 5) is 12.0. The zero-order valence-corrected chi connectivity index (χ0v) is 18.1. The van der Waals surface area contributed by atoms with Crippen LogP contribution >= 0.6 is 0 Å². The van der Waals surface area contributed by atoms with Gasteiger partial charge in [0.15, 0.2) is 11.5 Å². The van der Waals surface area contributed by atoms with Crippen molar-refractivity contribution in [3.63, 3.8) is 0 Å². The van der Waals surface area contributed by atoms with Crippen LogP contribution in [-0.2, 0) is 21.2 Å². The van der Waals surface area contributed by atoms with E-state index in [4.69, 9.17) is 9.47 Å². The number of carbonyl (C=O) groups is 1. The van der Waals surface area contributed by atoms with Crippen molar-refractivity contribution >= 4 is 27.7 Å². The van der Waals surface area contributed by atoms with Gasteiger partial charge in [-0.1, -0.05) is 24.3 Å². The molecule has 0 saturated carbocycles. The first-order chi connectivity index (χ1) is 14.1. The van der Waals surface area contributed by atoms with Crippen LogP contribution in [0.3, 0.4) is 0 Å². The van der Waals surface area contributed by atoms with Crippen molar-refractivity contribution < 1.29 is 22.7 Å². The summed E-state index contributed by atoms with van der Waals surface area (Å²) in [5, 5.41) is 2.77. The first-order valence-electron chi connectivity index (χ1n) is 9.59. The van der Waals surface area contributed by atoms with E-state index in [9.17, 15) is 13.2 Å². The third-order valence-corrected chi connectivity index (χ3v) is 4.96. The zero-order chi connectivity index (χ0) is 21.8. The van der Waals surface area contributed by atoms with Crippen molar-refractivity contribution in [2.45, 2.75) is 25.9 Å². The Hall–Kier alpha value is -3.00. The maximum atomic E-state index is 12.0. The summed E-state index contributed by atoms with van der Waals surface area (Å²) in [6, 6.07) is 12.5. The van der Waals surface area contributed by atoms with Crippen LogP contribution in [0.4, 0.5) is 5.69 Å². The van der Waals surface area contributed by atoms with E-state index in [1.165, 1.54) is 6.08 Å². The summed E-state index contributed by atoms with van der Waals surface area (Å²) < 4.78 is 36.6. The molecule has 0 aromatic heterocycles. The maximum Gasteiger partial charge on any atom is 0.244 e. The van der Waals surface area contributed by atoms with Gasteiger partial charge in [0, 0.05) is 23.7 Å². The Bertz CT molecular complexity index is 1040. The van der Waals surface area contributed by atoms with E-state index in [0.29, 0.717) is 24.6 Å². The lowest BCUT2D eigenvalue weighted by molar-refractivity contribution is -0.116. The monoisotopic (exact) mass is 430 g/mol. The number of hydrogen-bond acceptors (Lipinski definition) is 5. The van der Waals surface area contributed by atoms with Crippen LogP contribution in [0.15, 0.2) is 48.5 Å². The molecule has 3 rings (SSSR count). The van der Waals surface area contributed by atoms with Gasteiger partial charge in [0.1, 0.15) is 12.2 Å². The summed E-state index contributed by atoms with van der Waals surface area (Å²) in [6.45, 7) is 4.76. The molecule has 1 heterocycles. The summed E-state index contributed by atoms with van der Waals surface area (Å²) in [7, 11) is -3.31. The van der Waals surface area contributed by atoms with E-state index in [-0.39, 0.29) is 11.5 Å². The van der Waals surface area contributed by atoms with Crippen LogP contribution in [0.1, 0.15) is 25.0 Å². The van der Waals surface area contributed by atoms with E-state index in [2.05, 4.69) is 10.0 Å². The van der Waals surface area contributed by atoms with Gasteiger partial charge in [-0.3, -0.25) is 9.52 Å². The number of ether oxygens (including phenoxy) is 2. The van der Waals surface area contributed by atoms with E-state index < -0.39 is 10.0 Å². The van der Waals surface area contributed by atoms with Crippen LogP contribution in [0.5, 0.6) is 11.5 Å². The predicted octanol–water partition coefficient (Wildman–Crippen LogP) is 2.98. The molecule has 2 aromatic rings. The third kappa shape index (κ3) is 6.25. The Labute approximate surface area is 177 Å². The van der Waals surface area contributed by atoms with Gasteiger partial charge in [0.2, 0.25) is 15.9 Å². The van der Waals surface area contributed by atoms with Crippen molar-refractivity contribution in [3.8, 4) is 11.5 Å². The molecule has 0 bridgehead atoms. The number of fused-ring (bicyclic) bond motifs is 1. The fourth-order valence-electron chi connectivity index (χ4n) is 3.14. The van der Waals surface area contributed by atoms with E-state index >= 15 is 0 Å². The minimum Gasteiger partial charge on any atom is -0.488 e.